The summed E-state index contributed by atoms with van der Waals surface area (Å²) in [6, 6.07) is 0. The lowest BCUT2D eigenvalue weighted by atomic mass is 9.96. The Morgan fingerprint density at radius 2 is 1.95 bits per heavy atom. The van der Waals surface area contributed by atoms with E-state index >= 15 is 0 Å². The first kappa shape index (κ1) is 18.4. The predicted molar refractivity (Wildman–Crippen MR) is 80.0 cm³/mol. The molecule has 0 saturated heterocycles. The van der Waals surface area contributed by atoms with Crippen molar-refractivity contribution in [3.8, 4) is 0 Å². The fourth-order valence-electron chi connectivity index (χ4n) is 2.12. The van der Waals surface area contributed by atoms with Crippen molar-refractivity contribution >= 4 is 5.97 Å². The van der Waals surface area contributed by atoms with Crippen LogP contribution in [0.2, 0.25) is 0 Å². The maximum atomic E-state index is 11.6. The second-order valence-corrected chi connectivity index (χ2v) is 5.88. The summed E-state index contributed by atoms with van der Waals surface area (Å²) in [5.41, 5.74) is 5.15. The molecule has 0 radical (unpaired) electrons. The smallest absolute Gasteiger partial charge is 0.325 e. The highest BCUT2D eigenvalue weighted by Crippen LogP contribution is 2.13. The summed E-state index contributed by atoms with van der Waals surface area (Å²) in [5.74, 6) is 0.406. The van der Waals surface area contributed by atoms with Gasteiger partial charge in [-0.2, -0.15) is 0 Å². The summed E-state index contributed by atoms with van der Waals surface area (Å²) >= 11 is 0. The minimum atomic E-state index is -0.842. The van der Waals surface area contributed by atoms with Gasteiger partial charge in [0.15, 0.2) is 0 Å². The Bertz CT molecular complexity index is 253. The van der Waals surface area contributed by atoms with Gasteiger partial charge in [0.05, 0.1) is 6.61 Å². The highest BCUT2D eigenvalue weighted by atomic mass is 16.5. The highest BCUT2D eigenvalue weighted by Gasteiger charge is 2.29. The van der Waals surface area contributed by atoms with Crippen molar-refractivity contribution in [3.63, 3.8) is 0 Å². The number of carbonyl (C=O) groups is 1. The van der Waals surface area contributed by atoms with E-state index in [4.69, 9.17) is 10.5 Å². The van der Waals surface area contributed by atoms with E-state index in [1.54, 1.807) is 13.8 Å². The topological polar surface area (TPSA) is 55.6 Å². The van der Waals surface area contributed by atoms with Crippen molar-refractivity contribution in [1.82, 2.24) is 4.90 Å². The van der Waals surface area contributed by atoms with E-state index in [0.29, 0.717) is 18.9 Å². The quantitative estimate of drug-likeness (QED) is 0.490. The van der Waals surface area contributed by atoms with Gasteiger partial charge in [-0.15, -0.1) is 0 Å². The van der Waals surface area contributed by atoms with Crippen molar-refractivity contribution in [1.29, 1.82) is 0 Å². The number of nitrogens with two attached hydrogens (primary N) is 1. The van der Waals surface area contributed by atoms with Crippen LogP contribution in [0.5, 0.6) is 0 Å². The largest absolute Gasteiger partial charge is 0.465 e. The molecule has 0 rings (SSSR count). The van der Waals surface area contributed by atoms with Crippen LogP contribution in [0.25, 0.3) is 0 Å². The zero-order valence-corrected chi connectivity index (χ0v) is 13.4. The zero-order chi connectivity index (χ0) is 14.9. The van der Waals surface area contributed by atoms with E-state index in [1.165, 1.54) is 0 Å². The lowest BCUT2D eigenvalue weighted by Gasteiger charge is -2.24. The van der Waals surface area contributed by atoms with Crippen LogP contribution in [0, 0.1) is 5.92 Å². The van der Waals surface area contributed by atoms with Crippen LogP contribution in [0.4, 0.5) is 0 Å². The summed E-state index contributed by atoms with van der Waals surface area (Å²) in [5, 5.41) is 0. The summed E-state index contributed by atoms with van der Waals surface area (Å²) in [6.07, 6.45) is 2.72. The third-order valence-corrected chi connectivity index (χ3v) is 3.23. The molecule has 0 bridgehead atoms. The molecule has 1 unspecified atom stereocenters. The van der Waals surface area contributed by atoms with Gasteiger partial charge in [-0.1, -0.05) is 20.8 Å². The molecule has 4 heteroatoms. The van der Waals surface area contributed by atoms with Gasteiger partial charge < -0.3 is 15.4 Å². The molecule has 2 N–H and O–H groups in total. The molecular formula is C15H32N2O2. The van der Waals surface area contributed by atoms with Crippen molar-refractivity contribution in [2.45, 2.75) is 59.4 Å². The van der Waals surface area contributed by atoms with Crippen molar-refractivity contribution < 1.29 is 9.53 Å². The molecule has 0 spiro atoms. The molecule has 0 saturated carbocycles. The molecule has 0 heterocycles. The average molecular weight is 272 g/mol. The first-order valence-electron chi connectivity index (χ1n) is 7.51. The van der Waals surface area contributed by atoms with Crippen molar-refractivity contribution in [2.75, 3.05) is 26.2 Å². The number of carbonyl (C=O) groups excluding carboxylic acids is 1. The normalized spacial score (nSPS) is 14.7. The van der Waals surface area contributed by atoms with Gasteiger partial charge in [-0.25, -0.2) is 0 Å². The SMILES string of the molecule is CCOC(=O)C(C)(N)CCCCN(CC)CC(C)C. The third-order valence-electron chi connectivity index (χ3n) is 3.23. The van der Waals surface area contributed by atoms with Gasteiger partial charge in [0.2, 0.25) is 0 Å². The fraction of sp³-hybridized carbons (Fsp3) is 0.933. The Morgan fingerprint density at radius 1 is 1.32 bits per heavy atom. The molecule has 0 aliphatic rings. The lowest BCUT2D eigenvalue weighted by molar-refractivity contribution is -0.149. The van der Waals surface area contributed by atoms with Gasteiger partial charge in [-0.3, -0.25) is 4.79 Å². The van der Waals surface area contributed by atoms with E-state index in [0.717, 1.165) is 32.5 Å². The fourth-order valence-corrected chi connectivity index (χ4v) is 2.12. The Kier molecular flexibility index (Phi) is 9.02. The first-order chi connectivity index (χ1) is 8.83. The lowest BCUT2D eigenvalue weighted by Crippen LogP contribution is -2.46. The molecule has 0 aliphatic heterocycles. The Labute approximate surface area is 118 Å². The molecule has 0 aliphatic carbocycles. The van der Waals surface area contributed by atoms with Crippen LogP contribution in [-0.2, 0) is 9.53 Å². The molecule has 114 valence electrons. The molecule has 1 atom stereocenters. The van der Waals surface area contributed by atoms with E-state index in [2.05, 4.69) is 25.7 Å². The maximum Gasteiger partial charge on any atom is 0.325 e. The van der Waals surface area contributed by atoms with Crippen LogP contribution >= 0.6 is 0 Å². The molecule has 0 amide bonds. The van der Waals surface area contributed by atoms with E-state index in [1.807, 2.05) is 0 Å². The number of nitrogens with zero attached hydrogens (tertiary/aromatic N) is 1. The standard InChI is InChI=1S/C15H32N2O2/c1-6-17(12-13(3)4)11-9-8-10-15(5,16)14(18)19-7-2/h13H,6-12,16H2,1-5H3. The number of ether oxygens (including phenoxy) is 1. The van der Waals surface area contributed by atoms with Crippen molar-refractivity contribution in [2.24, 2.45) is 11.7 Å². The molecule has 0 aromatic carbocycles. The second-order valence-electron chi connectivity index (χ2n) is 5.88. The van der Waals surface area contributed by atoms with Crippen LogP contribution in [0.15, 0.2) is 0 Å². The summed E-state index contributed by atoms with van der Waals surface area (Å²) < 4.78 is 4.98. The summed E-state index contributed by atoms with van der Waals surface area (Å²) in [4.78, 5) is 14.1. The van der Waals surface area contributed by atoms with Crippen LogP contribution in [-0.4, -0.2) is 42.6 Å². The Morgan fingerprint density at radius 3 is 2.42 bits per heavy atom. The van der Waals surface area contributed by atoms with E-state index in [-0.39, 0.29) is 5.97 Å². The molecule has 0 aromatic rings. The van der Waals surface area contributed by atoms with Gasteiger partial charge in [-0.05, 0) is 52.1 Å². The number of hydrogen-bond donors (Lipinski definition) is 1. The first-order valence-corrected chi connectivity index (χ1v) is 7.51. The van der Waals surface area contributed by atoms with Gasteiger partial charge in [0.1, 0.15) is 5.54 Å². The molecule has 0 aromatic heterocycles. The zero-order valence-electron chi connectivity index (χ0n) is 13.4. The van der Waals surface area contributed by atoms with Gasteiger partial charge in [0.25, 0.3) is 0 Å². The minimum absolute atomic E-state index is 0.287. The van der Waals surface area contributed by atoms with Crippen molar-refractivity contribution in [3.05, 3.63) is 0 Å². The summed E-state index contributed by atoms with van der Waals surface area (Å²) in [6.45, 7) is 13.9. The van der Waals surface area contributed by atoms with E-state index in [9.17, 15) is 4.79 Å². The summed E-state index contributed by atoms with van der Waals surface area (Å²) in [7, 11) is 0. The van der Waals surface area contributed by atoms with Crippen LogP contribution in [0.3, 0.4) is 0 Å². The number of unbranched alkanes of at least 4 members (excludes halogenated alkanes) is 1. The number of hydrogen-bond acceptors (Lipinski definition) is 4. The Balaban J connectivity index is 3.92. The monoisotopic (exact) mass is 272 g/mol. The minimum Gasteiger partial charge on any atom is -0.465 e. The van der Waals surface area contributed by atoms with Gasteiger partial charge >= 0.3 is 5.97 Å². The van der Waals surface area contributed by atoms with E-state index < -0.39 is 5.54 Å². The predicted octanol–water partition coefficient (Wildman–Crippen LogP) is 2.42. The maximum absolute atomic E-state index is 11.6. The Hall–Kier alpha value is -0.610. The molecule has 4 nitrogen and oxygen atoms in total. The average Bonchev–Trinajstić information content (AvgIpc) is 2.32. The van der Waals surface area contributed by atoms with Crippen LogP contribution < -0.4 is 5.73 Å². The molecular weight excluding hydrogens is 240 g/mol. The van der Waals surface area contributed by atoms with Gasteiger partial charge in [0, 0.05) is 6.54 Å². The van der Waals surface area contributed by atoms with Crippen LogP contribution in [0.1, 0.15) is 53.9 Å². The number of esters is 1. The molecule has 0 fully saturated rings. The third kappa shape index (κ3) is 8.22. The number of rotatable bonds is 10. The molecule has 19 heavy (non-hydrogen) atoms. The highest BCUT2D eigenvalue weighted by molar-refractivity contribution is 5.79. The second kappa shape index (κ2) is 9.32.